The van der Waals surface area contributed by atoms with E-state index in [-0.39, 0.29) is 18.3 Å². The summed E-state index contributed by atoms with van der Waals surface area (Å²) in [4.78, 5) is 22.3. The lowest BCUT2D eigenvalue weighted by Gasteiger charge is -2.41. The van der Waals surface area contributed by atoms with E-state index in [1.54, 1.807) is 29.4 Å². The summed E-state index contributed by atoms with van der Waals surface area (Å²) in [5.41, 5.74) is -0.655. The molecule has 0 saturated carbocycles. The minimum absolute atomic E-state index is 0.0342. The summed E-state index contributed by atoms with van der Waals surface area (Å²) in [7, 11) is 0. The van der Waals surface area contributed by atoms with Crippen LogP contribution in [0.5, 0.6) is 0 Å². The molecule has 1 aromatic heterocycles. The second-order valence-corrected chi connectivity index (χ2v) is 8.18. The van der Waals surface area contributed by atoms with Gasteiger partial charge >= 0.3 is 6.18 Å². The molecule has 0 aliphatic carbocycles. The molecule has 1 aliphatic rings. The second kappa shape index (κ2) is 9.13. The molecule has 29 heavy (non-hydrogen) atoms. The SMILES string of the molecule is O=C(CSc1ncccn1)N1CCC(CO)(Cc2cccc(C(F)(F)F)c2)CC1. The van der Waals surface area contributed by atoms with Gasteiger partial charge in [0.25, 0.3) is 0 Å². The first-order valence-electron chi connectivity index (χ1n) is 9.26. The van der Waals surface area contributed by atoms with E-state index < -0.39 is 17.2 Å². The molecule has 1 aromatic carbocycles. The van der Waals surface area contributed by atoms with Crippen LogP contribution < -0.4 is 0 Å². The minimum Gasteiger partial charge on any atom is -0.396 e. The molecule has 0 radical (unpaired) electrons. The predicted octanol–water partition coefficient (Wildman–Crippen LogP) is 3.43. The van der Waals surface area contributed by atoms with Crippen molar-refractivity contribution < 1.29 is 23.1 Å². The largest absolute Gasteiger partial charge is 0.416 e. The lowest BCUT2D eigenvalue weighted by atomic mass is 9.74. The normalized spacial score (nSPS) is 16.6. The highest BCUT2D eigenvalue weighted by molar-refractivity contribution is 7.99. The number of amides is 1. The Kier molecular flexibility index (Phi) is 6.79. The van der Waals surface area contributed by atoms with E-state index in [4.69, 9.17) is 0 Å². The fourth-order valence-corrected chi connectivity index (χ4v) is 4.20. The van der Waals surface area contributed by atoms with E-state index in [2.05, 4.69) is 9.97 Å². The summed E-state index contributed by atoms with van der Waals surface area (Å²) in [6.07, 6.45) is 0.268. The van der Waals surface area contributed by atoms with Crippen LogP contribution in [0.4, 0.5) is 13.2 Å². The Bertz CT molecular complexity index is 825. The van der Waals surface area contributed by atoms with Gasteiger partial charge in [0.1, 0.15) is 0 Å². The Morgan fingerprint density at radius 2 is 1.86 bits per heavy atom. The average molecular weight is 425 g/mol. The molecule has 1 amide bonds. The molecule has 1 aliphatic heterocycles. The quantitative estimate of drug-likeness (QED) is 0.567. The number of thioether (sulfide) groups is 1. The molecular weight excluding hydrogens is 403 g/mol. The highest BCUT2D eigenvalue weighted by Crippen LogP contribution is 2.36. The molecular formula is C20H22F3N3O2S. The molecule has 3 rings (SSSR count). The van der Waals surface area contributed by atoms with Crippen LogP contribution in [-0.2, 0) is 17.4 Å². The molecule has 0 atom stereocenters. The molecule has 0 unspecified atom stereocenters. The number of rotatable bonds is 6. The van der Waals surface area contributed by atoms with Gasteiger partial charge in [0.2, 0.25) is 5.91 Å². The van der Waals surface area contributed by atoms with Crippen molar-refractivity contribution in [2.24, 2.45) is 5.41 Å². The Morgan fingerprint density at radius 3 is 2.48 bits per heavy atom. The smallest absolute Gasteiger partial charge is 0.396 e. The lowest BCUT2D eigenvalue weighted by Crippen LogP contribution is -2.46. The van der Waals surface area contributed by atoms with Crippen molar-refractivity contribution in [3.8, 4) is 0 Å². The first-order valence-corrected chi connectivity index (χ1v) is 10.2. The van der Waals surface area contributed by atoms with Gasteiger partial charge in [-0.25, -0.2) is 9.97 Å². The highest BCUT2D eigenvalue weighted by atomic mass is 32.2. The van der Waals surface area contributed by atoms with Crippen LogP contribution in [0, 0.1) is 5.41 Å². The van der Waals surface area contributed by atoms with Crippen LogP contribution in [0.1, 0.15) is 24.0 Å². The number of aliphatic hydroxyl groups is 1. The summed E-state index contributed by atoms with van der Waals surface area (Å²) < 4.78 is 38.9. The van der Waals surface area contributed by atoms with Gasteiger partial charge in [0.05, 0.1) is 11.3 Å². The average Bonchev–Trinajstić information content (AvgIpc) is 2.73. The van der Waals surface area contributed by atoms with Gasteiger partial charge < -0.3 is 10.0 Å². The van der Waals surface area contributed by atoms with Gasteiger partial charge in [0, 0.05) is 37.5 Å². The molecule has 9 heteroatoms. The number of aliphatic hydroxyl groups excluding tert-OH is 1. The van der Waals surface area contributed by atoms with Crippen molar-refractivity contribution in [3.63, 3.8) is 0 Å². The zero-order chi connectivity index (χ0) is 20.9. The first-order chi connectivity index (χ1) is 13.8. The zero-order valence-corrected chi connectivity index (χ0v) is 16.5. The van der Waals surface area contributed by atoms with Crippen molar-refractivity contribution in [1.82, 2.24) is 14.9 Å². The zero-order valence-electron chi connectivity index (χ0n) is 15.7. The number of hydrogen-bond donors (Lipinski definition) is 1. The maximum atomic E-state index is 13.0. The number of alkyl halides is 3. The van der Waals surface area contributed by atoms with Gasteiger partial charge in [-0.2, -0.15) is 13.2 Å². The number of carbonyl (C=O) groups is 1. The monoisotopic (exact) mass is 425 g/mol. The number of benzene rings is 1. The number of hydrogen-bond acceptors (Lipinski definition) is 5. The van der Waals surface area contributed by atoms with E-state index in [1.165, 1.54) is 17.8 Å². The van der Waals surface area contributed by atoms with Crippen LogP contribution in [0.3, 0.4) is 0 Å². The summed E-state index contributed by atoms with van der Waals surface area (Å²) in [5.74, 6) is 0.192. The van der Waals surface area contributed by atoms with Crippen LogP contribution in [0.2, 0.25) is 0 Å². The number of halogens is 3. The molecule has 2 aromatic rings. The Hall–Kier alpha value is -2.13. The number of piperidine rings is 1. The molecule has 5 nitrogen and oxygen atoms in total. The van der Waals surface area contributed by atoms with Crippen molar-refractivity contribution in [1.29, 1.82) is 0 Å². The van der Waals surface area contributed by atoms with Gasteiger partial charge in [-0.15, -0.1) is 0 Å². The summed E-state index contributed by atoms with van der Waals surface area (Å²) in [5, 5.41) is 10.5. The van der Waals surface area contributed by atoms with Crippen molar-refractivity contribution in [3.05, 3.63) is 53.9 Å². The third-order valence-electron chi connectivity index (χ3n) is 5.21. The van der Waals surface area contributed by atoms with Gasteiger partial charge in [-0.05, 0) is 37.0 Å². The fraction of sp³-hybridized carbons (Fsp3) is 0.450. The lowest BCUT2D eigenvalue weighted by molar-refractivity contribution is -0.137. The predicted molar refractivity (Wildman–Crippen MR) is 103 cm³/mol. The van der Waals surface area contributed by atoms with Gasteiger partial charge in [0.15, 0.2) is 5.16 Å². The van der Waals surface area contributed by atoms with Crippen molar-refractivity contribution in [2.45, 2.75) is 30.6 Å². The van der Waals surface area contributed by atoms with Gasteiger partial charge in [-0.1, -0.05) is 30.0 Å². The molecule has 1 saturated heterocycles. The molecule has 0 bridgehead atoms. The summed E-state index contributed by atoms with van der Waals surface area (Å²) in [6, 6.07) is 6.94. The Labute approximate surface area is 171 Å². The van der Waals surface area contributed by atoms with E-state index in [0.29, 0.717) is 43.1 Å². The molecule has 156 valence electrons. The highest BCUT2D eigenvalue weighted by Gasteiger charge is 2.36. The number of carbonyl (C=O) groups excluding carboxylic acids is 1. The van der Waals surface area contributed by atoms with Crippen molar-refractivity contribution >= 4 is 17.7 Å². The number of aromatic nitrogens is 2. The molecule has 1 N–H and O–H groups in total. The van der Waals surface area contributed by atoms with Crippen LogP contribution in [0.25, 0.3) is 0 Å². The maximum Gasteiger partial charge on any atom is 0.416 e. The summed E-state index contributed by atoms with van der Waals surface area (Å²) in [6.45, 7) is 0.807. The fourth-order valence-electron chi connectivity index (χ4n) is 3.49. The molecule has 1 fully saturated rings. The maximum absolute atomic E-state index is 13.0. The Morgan fingerprint density at radius 1 is 1.17 bits per heavy atom. The second-order valence-electron chi connectivity index (χ2n) is 7.23. The van der Waals surface area contributed by atoms with Crippen LogP contribution in [0.15, 0.2) is 47.9 Å². The third-order valence-corrected chi connectivity index (χ3v) is 6.07. The van der Waals surface area contributed by atoms with E-state index in [0.717, 1.165) is 12.1 Å². The molecule has 0 spiro atoms. The third kappa shape index (κ3) is 5.70. The first kappa shape index (κ1) is 21.6. The number of likely N-dealkylation sites (tertiary alicyclic amines) is 1. The van der Waals surface area contributed by atoms with E-state index >= 15 is 0 Å². The van der Waals surface area contributed by atoms with Crippen LogP contribution in [-0.4, -0.2) is 51.3 Å². The van der Waals surface area contributed by atoms with E-state index in [1.807, 2.05) is 0 Å². The van der Waals surface area contributed by atoms with E-state index in [9.17, 15) is 23.1 Å². The van der Waals surface area contributed by atoms with Crippen LogP contribution >= 0.6 is 11.8 Å². The van der Waals surface area contributed by atoms with Crippen molar-refractivity contribution in [2.75, 3.05) is 25.4 Å². The standard InChI is InChI=1S/C20H22F3N3O2S/c21-20(22,23)16-4-1-3-15(11-16)12-19(14-27)5-9-26(10-6-19)17(28)13-29-18-24-7-2-8-25-18/h1-4,7-8,11,27H,5-6,9-10,12-14H2. The van der Waals surface area contributed by atoms with Gasteiger partial charge in [-0.3, -0.25) is 4.79 Å². The Balaban J connectivity index is 1.57. The topological polar surface area (TPSA) is 66.3 Å². The number of nitrogens with zero attached hydrogens (tertiary/aromatic N) is 3. The molecule has 2 heterocycles. The summed E-state index contributed by atoms with van der Waals surface area (Å²) >= 11 is 1.26. The minimum atomic E-state index is -4.39.